The fourth-order valence-corrected chi connectivity index (χ4v) is 4.57. The predicted molar refractivity (Wildman–Crippen MR) is 88.3 cm³/mol. The van der Waals surface area contributed by atoms with Gasteiger partial charge < -0.3 is 14.6 Å². The maximum Gasteiger partial charge on any atom is 0.306 e. The Kier molecular flexibility index (Phi) is 5.95. The minimum absolute atomic E-state index is 0.0730. The van der Waals surface area contributed by atoms with Gasteiger partial charge in [0, 0.05) is 12.1 Å². The number of benzene rings is 1. The molecule has 1 aliphatic carbocycles. The average Bonchev–Trinajstić information content (AvgIpc) is 2.54. The molecule has 0 saturated heterocycles. The molecule has 1 fully saturated rings. The van der Waals surface area contributed by atoms with Gasteiger partial charge in [-0.25, -0.2) is 13.1 Å². The topological polar surface area (TPSA) is 102 Å². The highest BCUT2D eigenvalue weighted by molar-refractivity contribution is 7.89. The first kappa shape index (κ1) is 18.8. The summed E-state index contributed by atoms with van der Waals surface area (Å²) in [5.41, 5.74) is 0. The maximum atomic E-state index is 12.6. The van der Waals surface area contributed by atoms with Crippen LogP contribution in [0, 0.1) is 5.92 Å². The highest BCUT2D eigenvalue weighted by Crippen LogP contribution is 2.35. The second-order valence-electron chi connectivity index (χ2n) is 5.65. The lowest BCUT2D eigenvalue weighted by molar-refractivity contribution is -0.142. The van der Waals surface area contributed by atoms with E-state index in [1.165, 1.54) is 26.4 Å². The molecule has 2 rings (SSSR count). The van der Waals surface area contributed by atoms with Crippen LogP contribution < -0.4 is 14.2 Å². The zero-order valence-electron chi connectivity index (χ0n) is 13.4. The molecule has 0 amide bonds. The number of ether oxygens (including phenoxy) is 2. The van der Waals surface area contributed by atoms with Crippen LogP contribution in [0.3, 0.4) is 0 Å². The minimum atomic E-state index is -3.85. The van der Waals surface area contributed by atoms with Crippen LogP contribution in [0.15, 0.2) is 17.0 Å². The number of carboxylic acid groups (broad SMARTS) is 1. The van der Waals surface area contributed by atoms with E-state index in [2.05, 4.69) is 4.72 Å². The molecule has 134 valence electrons. The van der Waals surface area contributed by atoms with E-state index >= 15 is 0 Å². The Morgan fingerprint density at radius 2 is 1.75 bits per heavy atom. The third-order valence-corrected chi connectivity index (χ3v) is 5.96. The summed E-state index contributed by atoms with van der Waals surface area (Å²) in [7, 11) is -1.06. The quantitative estimate of drug-likeness (QED) is 0.788. The number of methoxy groups -OCH3 is 2. The normalized spacial score (nSPS) is 21.3. The van der Waals surface area contributed by atoms with Crippen LogP contribution in [-0.4, -0.2) is 39.8 Å². The van der Waals surface area contributed by atoms with Gasteiger partial charge in [0.05, 0.1) is 25.2 Å². The first-order valence-electron chi connectivity index (χ1n) is 7.45. The molecule has 0 radical (unpaired) electrons. The van der Waals surface area contributed by atoms with Gasteiger partial charge in [-0.15, -0.1) is 0 Å². The Labute approximate surface area is 146 Å². The SMILES string of the molecule is COc1cc(OC)c(S(=O)(=O)NC2CCC(C(=O)O)CC2)cc1Cl. The van der Waals surface area contributed by atoms with E-state index < -0.39 is 21.9 Å². The van der Waals surface area contributed by atoms with E-state index in [1.807, 2.05) is 0 Å². The van der Waals surface area contributed by atoms with Crippen molar-refractivity contribution in [1.29, 1.82) is 0 Å². The van der Waals surface area contributed by atoms with Crippen LogP contribution in [0.2, 0.25) is 5.02 Å². The summed E-state index contributed by atoms with van der Waals surface area (Å²) in [6.45, 7) is 0. The summed E-state index contributed by atoms with van der Waals surface area (Å²) < 4.78 is 38.1. The Bertz CT molecular complexity index is 713. The third kappa shape index (κ3) is 4.12. The molecule has 0 heterocycles. The molecule has 1 aromatic rings. The van der Waals surface area contributed by atoms with Crippen molar-refractivity contribution in [3.8, 4) is 11.5 Å². The highest BCUT2D eigenvalue weighted by atomic mass is 35.5. The Balaban J connectivity index is 2.19. The molecule has 0 unspecified atom stereocenters. The van der Waals surface area contributed by atoms with Crippen LogP contribution in [0.25, 0.3) is 0 Å². The van der Waals surface area contributed by atoms with Crippen LogP contribution in [0.1, 0.15) is 25.7 Å². The second-order valence-corrected chi connectivity index (χ2v) is 7.74. The van der Waals surface area contributed by atoms with Crippen LogP contribution in [0.5, 0.6) is 11.5 Å². The van der Waals surface area contributed by atoms with Crippen molar-refractivity contribution in [2.45, 2.75) is 36.6 Å². The van der Waals surface area contributed by atoms with Crippen molar-refractivity contribution < 1.29 is 27.8 Å². The number of sulfonamides is 1. The van der Waals surface area contributed by atoms with E-state index in [-0.39, 0.29) is 21.7 Å². The van der Waals surface area contributed by atoms with E-state index in [0.717, 1.165) is 0 Å². The summed E-state index contributed by atoms with van der Waals surface area (Å²) in [6, 6.07) is 2.39. The molecule has 24 heavy (non-hydrogen) atoms. The van der Waals surface area contributed by atoms with Crippen molar-refractivity contribution in [1.82, 2.24) is 4.72 Å². The number of halogens is 1. The van der Waals surface area contributed by atoms with Crippen molar-refractivity contribution >= 4 is 27.6 Å². The van der Waals surface area contributed by atoms with Gasteiger partial charge in [-0.05, 0) is 31.7 Å². The first-order valence-corrected chi connectivity index (χ1v) is 9.31. The summed E-state index contributed by atoms with van der Waals surface area (Å²) in [6.07, 6.45) is 1.84. The molecule has 0 bridgehead atoms. The monoisotopic (exact) mass is 377 g/mol. The number of aliphatic carboxylic acids is 1. The van der Waals surface area contributed by atoms with Gasteiger partial charge in [-0.1, -0.05) is 11.6 Å². The first-order chi connectivity index (χ1) is 11.3. The number of hydrogen-bond acceptors (Lipinski definition) is 5. The molecule has 1 aromatic carbocycles. The smallest absolute Gasteiger partial charge is 0.306 e. The molecule has 0 atom stereocenters. The second kappa shape index (κ2) is 7.58. The van der Waals surface area contributed by atoms with Gasteiger partial charge in [0.1, 0.15) is 16.4 Å². The molecule has 1 aliphatic rings. The van der Waals surface area contributed by atoms with E-state index in [1.54, 1.807) is 0 Å². The Morgan fingerprint density at radius 3 is 2.25 bits per heavy atom. The predicted octanol–water partition coefficient (Wildman–Crippen LogP) is 2.28. The zero-order chi connectivity index (χ0) is 17.9. The van der Waals surface area contributed by atoms with Crippen molar-refractivity contribution in [2.75, 3.05) is 14.2 Å². The van der Waals surface area contributed by atoms with Gasteiger partial charge in [0.25, 0.3) is 0 Å². The lowest BCUT2D eigenvalue weighted by atomic mass is 9.87. The molecule has 0 spiro atoms. The molecule has 0 aromatic heterocycles. The molecular formula is C15H20ClNO6S. The van der Waals surface area contributed by atoms with Crippen LogP contribution in [-0.2, 0) is 14.8 Å². The van der Waals surface area contributed by atoms with Crippen molar-refractivity contribution in [2.24, 2.45) is 5.92 Å². The summed E-state index contributed by atoms with van der Waals surface area (Å²) >= 11 is 6.02. The highest BCUT2D eigenvalue weighted by Gasteiger charge is 2.30. The standard InChI is InChI=1S/C15H20ClNO6S/c1-22-12-8-13(23-2)14(7-11(12)16)24(20,21)17-10-5-3-9(4-6-10)15(18)19/h7-10,17H,3-6H2,1-2H3,(H,18,19). The fraction of sp³-hybridized carbons (Fsp3) is 0.533. The number of carbonyl (C=O) groups is 1. The molecule has 0 aliphatic heterocycles. The van der Waals surface area contributed by atoms with E-state index in [9.17, 15) is 13.2 Å². The lowest BCUT2D eigenvalue weighted by Gasteiger charge is -2.27. The van der Waals surface area contributed by atoms with Gasteiger partial charge in [-0.3, -0.25) is 4.79 Å². The summed E-state index contributed by atoms with van der Waals surface area (Å²) in [5.74, 6) is -0.798. The molecule has 1 saturated carbocycles. The largest absolute Gasteiger partial charge is 0.495 e. The Hall–Kier alpha value is -1.51. The van der Waals surface area contributed by atoms with Gasteiger partial charge in [-0.2, -0.15) is 0 Å². The van der Waals surface area contributed by atoms with Gasteiger partial charge in [0.15, 0.2) is 0 Å². The van der Waals surface area contributed by atoms with Crippen LogP contribution >= 0.6 is 11.6 Å². The summed E-state index contributed by atoms with van der Waals surface area (Å²) in [4.78, 5) is 10.9. The lowest BCUT2D eigenvalue weighted by Crippen LogP contribution is -2.38. The number of hydrogen-bond donors (Lipinski definition) is 2. The van der Waals surface area contributed by atoms with Gasteiger partial charge >= 0.3 is 5.97 Å². The van der Waals surface area contributed by atoms with Gasteiger partial charge in [0.2, 0.25) is 10.0 Å². The molecule has 7 nitrogen and oxygen atoms in total. The maximum absolute atomic E-state index is 12.6. The van der Waals surface area contributed by atoms with Crippen molar-refractivity contribution in [3.05, 3.63) is 17.2 Å². The molecule has 9 heteroatoms. The Morgan fingerprint density at radius 1 is 1.17 bits per heavy atom. The molecular weight excluding hydrogens is 358 g/mol. The fourth-order valence-electron chi connectivity index (χ4n) is 2.78. The number of carboxylic acids is 1. The summed E-state index contributed by atoms with van der Waals surface area (Å²) in [5, 5.41) is 9.16. The third-order valence-electron chi connectivity index (χ3n) is 4.13. The van der Waals surface area contributed by atoms with Crippen molar-refractivity contribution in [3.63, 3.8) is 0 Å². The average molecular weight is 378 g/mol. The molecule has 2 N–H and O–H groups in total. The number of nitrogens with one attached hydrogen (secondary N) is 1. The number of rotatable bonds is 6. The van der Waals surface area contributed by atoms with E-state index in [4.69, 9.17) is 26.2 Å². The van der Waals surface area contributed by atoms with E-state index in [0.29, 0.717) is 31.4 Å². The van der Waals surface area contributed by atoms with Crippen LogP contribution in [0.4, 0.5) is 0 Å². The zero-order valence-corrected chi connectivity index (χ0v) is 15.0. The minimum Gasteiger partial charge on any atom is -0.495 e.